The van der Waals surface area contributed by atoms with Gasteiger partial charge in [0.25, 0.3) is 0 Å². The van der Waals surface area contributed by atoms with Crippen molar-refractivity contribution in [2.45, 2.75) is 76.8 Å². The fourth-order valence-corrected chi connectivity index (χ4v) is 2.43. The first kappa shape index (κ1) is 14.0. The maximum Gasteiger partial charge on any atom is 0.0303 e. The number of hydrogen-bond acceptors (Lipinski definition) is 2. The quantitative estimate of drug-likeness (QED) is 0.612. The van der Waals surface area contributed by atoms with Crippen LogP contribution in [0.15, 0.2) is 0 Å². The summed E-state index contributed by atoms with van der Waals surface area (Å²) < 4.78 is 0. The molecule has 2 nitrogen and oxygen atoms in total. The highest BCUT2D eigenvalue weighted by Crippen LogP contribution is 2.33. The Kier molecular flexibility index (Phi) is 5.77. The second-order valence-corrected chi connectivity index (χ2v) is 5.71. The maximum absolute atomic E-state index is 5.97. The van der Waals surface area contributed by atoms with E-state index in [1.807, 2.05) is 0 Å². The van der Waals surface area contributed by atoms with E-state index in [1.54, 1.807) is 0 Å². The minimum atomic E-state index is 0.243. The molecule has 0 aromatic heterocycles. The first-order valence-corrected chi connectivity index (χ1v) is 7.07. The van der Waals surface area contributed by atoms with Crippen molar-refractivity contribution in [2.24, 2.45) is 5.73 Å². The summed E-state index contributed by atoms with van der Waals surface area (Å²) in [5.74, 6) is 0. The summed E-state index contributed by atoms with van der Waals surface area (Å²) in [5, 5.41) is 0. The minimum absolute atomic E-state index is 0.243. The molecule has 1 rings (SSSR count). The van der Waals surface area contributed by atoms with Gasteiger partial charge in [0.05, 0.1) is 0 Å². The highest BCUT2D eigenvalue weighted by atomic mass is 15.2. The van der Waals surface area contributed by atoms with E-state index in [-0.39, 0.29) is 5.54 Å². The van der Waals surface area contributed by atoms with Crippen LogP contribution in [-0.2, 0) is 0 Å². The van der Waals surface area contributed by atoms with Crippen LogP contribution in [0.2, 0.25) is 0 Å². The van der Waals surface area contributed by atoms with Crippen LogP contribution in [0, 0.1) is 0 Å². The van der Waals surface area contributed by atoms with Gasteiger partial charge >= 0.3 is 0 Å². The van der Waals surface area contributed by atoms with Gasteiger partial charge in [0, 0.05) is 18.1 Å². The molecule has 0 aliphatic heterocycles. The molecular weight excluding hydrogens is 196 g/mol. The zero-order valence-corrected chi connectivity index (χ0v) is 11.5. The average molecular weight is 226 g/mol. The molecule has 0 heterocycles. The number of unbranched alkanes of at least 4 members (excludes halogenated alkanes) is 4. The van der Waals surface area contributed by atoms with Crippen LogP contribution in [0.5, 0.6) is 0 Å². The number of nitrogens with zero attached hydrogens (tertiary/aromatic N) is 1. The van der Waals surface area contributed by atoms with Gasteiger partial charge in [-0.25, -0.2) is 0 Å². The predicted octanol–water partition coefficient (Wildman–Crippen LogP) is 3.16. The topological polar surface area (TPSA) is 29.3 Å². The van der Waals surface area contributed by atoms with Gasteiger partial charge in [0.15, 0.2) is 0 Å². The number of nitrogens with two attached hydrogens (primary N) is 1. The van der Waals surface area contributed by atoms with E-state index in [2.05, 4.69) is 25.8 Å². The van der Waals surface area contributed by atoms with Gasteiger partial charge in [0.2, 0.25) is 0 Å². The van der Waals surface area contributed by atoms with E-state index >= 15 is 0 Å². The molecule has 0 aromatic rings. The lowest BCUT2D eigenvalue weighted by Crippen LogP contribution is -2.50. The largest absolute Gasteiger partial charge is 0.329 e. The lowest BCUT2D eigenvalue weighted by molar-refractivity contribution is 0.122. The predicted molar refractivity (Wildman–Crippen MR) is 71.6 cm³/mol. The average Bonchev–Trinajstić information content (AvgIpc) is 3.11. The van der Waals surface area contributed by atoms with E-state index in [4.69, 9.17) is 5.73 Å². The molecule has 1 aliphatic rings. The van der Waals surface area contributed by atoms with E-state index in [0.717, 1.165) is 12.6 Å². The molecule has 1 atom stereocenters. The van der Waals surface area contributed by atoms with Crippen molar-refractivity contribution in [1.29, 1.82) is 0 Å². The van der Waals surface area contributed by atoms with Gasteiger partial charge in [0.1, 0.15) is 0 Å². The molecule has 1 unspecified atom stereocenters. The monoisotopic (exact) mass is 226 g/mol. The molecule has 0 radical (unpaired) electrons. The Balaban J connectivity index is 2.23. The molecular formula is C14H30N2. The second-order valence-electron chi connectivity index (χ2n) is 5.71. The zero-order chi connectivity index (χ0) is 12.0. The molecule has 2 heteroatoms. The van der Waals surface area contributed by atoms with Crippen molar-refractivity contribution in [1.82, 2.24) is 4.90 Å². The normalized spacial score (nSPS) is 20.1. The zero-order valence-electron chi connectivity index (χ0n) is 11.5. The van der Waals surface area contributed by atoms with Gasteiger partial charge in [-0.1, -0.05) is 39.0 Å². The standard InChI is InChI=1S/C14H30N2/c1-4-5-6-7-8-11-14(2,12-15)16(3)13-9-10-13/h13H,4-12,15H2,1-3H3. The van der Waals surface area contributed by atoms with Crippen molar-refractivity contribution in [3.8, 4) is 0 Å². The van der Waals surface area contributed by atoms with Crippen LogP contribution >= 0.6 is 0 Å². The maximum atomic E-state index is 5.97. The smallest absolute Gasteiger partial charge is 0.0303 e. The van der Waals surface area contributed by atoms with Crippen molar-refractivity contribution in [2.75, 3.05) is 13.6 Å². The van der Waals surface area contributed by atoms with Gasteiger partial charge in [-0.3, -0.25) is 4.90 Å². The van der Waals surface area contributed by atoms with E-state index < -0.39 is 0 Å². The van der Waals surface area contributed by atoms with Crippen LogP contribution < -0.4 is 5.73 Å². The van der Waals surface area contributed by atoms with Crippen molar-refractivity contribution >= 4 is 0 Å². The number of rotatable bonds is 9. The Labute approximate surface area is 102 Å². The molecule has 0 amide bonds. The summed E-state index contributed by atoms with van der Waals surface area (Å²) in [6.07, 6.45) is 10.8. The van der Waals surface area contributed by atoms with Gasteiger partial charge in [-0.05, 0) is 33.2 Å². The highest BCUT2D eigenvalue weighted by Gasteiger charge is 2.37. The Bertz CT molecular complexity index is 189. The summed E-state index contributed by atoms with van der Waals surface area (Å²) in [6, 6.07) is 0.823. The van der Waals surface area contributed by atoms with E-state index in [1.165, 1.54) is 51.4 Å². The van der Waals surface area contributed by atoms with Crippen molar-refractivity contribution in [3.05, 3.63) is 0 Å². The third-order valence-electron chi connectivity index (χ3n) is 4.20. The van der Waals surface area contributed by atoms with Crippen molar-refractivity contribution in [3.63, 3.8) is 0 Å². The van der Waals surface area contributed by atoms with Gasteiger partial charge in [-0.15, -0.1) is 0 Å². The molecule has 16 heavy (non-hydrogen) atoms. The summed E-state index contributed by atoms with van der Waals surface area (Å²) >= 11 is 0. The molecule has 0 spiro atoms. The number of hydrogen-bond donors (Lipinski definition) is 1. The molecule has 0 bridgehead atoms. The lowest BCUT2D eigenvalue weighted by atomic mass is 9.92. The molecule has 1 fully saturated rings. The van der Waals surface area contributed by atoms with Crippen LogP contribution in [0.1, 0.15) is 65.2 Å². The second kappa shape index (κ2) is 6.61. The fourth-order valence-electron chi connectivity index (χ4n) is 2.43. The first-order valence-electron chi connectivity index (χ1n) is 7.07. The van der Waals surface area contributed by atoms with Crippen molar-refractivity contribution < 1.29 is 0 Å². The Morgan fingerprint density at radius 1 is 1.19 bits per heavy atom. The lowest BCUT2D eigenvalue weighted by Gasteiger charge is -2.38. The molecule has 2 N–H and O–H groups in total. The minimum Gasteiger partial charge on any atom is -0.329 e. The summed E-state index contributed by atoms with van der Waals surface area (Å²) in [5.41, 5.74) is 6.22. The summed E-state index contributed by atoms with van der Waals surface area (Å²) in [4.78, 5) is 2.53. The molecule has 0 saturated heterocycles. The summed E-state index contributed by atoms with van der Waals surface area (Å²) in [7, 11) is 2.26. The van der Waals surface area contributed by atoms with Crippen LogP contribution in [0.4, 0.5) is 0 Å². The Morgan fingerprint density at radius 2 is 1.81 bits per heavy atom. The number of likely N-dealkylation sites (N-methyl/N-ethyl adjacent to an activating group) is 1. The van der Waals surface area contributed by atoms with E-state index in [0.29, 0.717) is 0 Å². The van der Waals surface area contributed by atoms with Crippen LogP contribution in [0.25, 0.3) is 0 Å². The molecule has 0 aromatic carbocycles. The van der Waals surface area contributed by atoms with Crippen LogP contribution in [-0.4, -0.2) is 30.1 Å². The highest BCUT2D eigenvalue weighted by molar-refractivity contribution is 4.94. The Hall–Kier alpha value is -0.0800. The Morgan fingerprint density at radius 3 is 2.31 bits per heavy atom. The van der Waals surface area contributed by atoms with Gasteiger partial charge < -0.3 is 5.73 Å². The molecule has 96 valence electrons. The molecule has 1 saturated carbocycles. The third kappa shape index (κ3) is 4.06. The van der Waals surface area contributed by atoms with Gasteiger partial charge in [-0.2, -0.15) is 0 Å². The molecule has 1 aliphatic carbocycles. The SMILES string of the molecule is CCCCCCCC(C)(CN)N(C)C1CC1. The third-order valence-corrected chi connectivity index (χ3v) is 4.20. The fraction of sp³-hybridized carbons (Fsp3) is 1.00. The van der Waals surface area contributed by atoms with Crippen LogP contribution in [0.3, 0.4) is 0 Å². The van der Waals surface area contributed by atoms with E-state index in [9.17, 15) is 0 Å². The summed E-state index contributed by atoms with van der Waals surface area (Å²) in [6.45, 7) is 5.41. The first-order chi connectivity index (χ1) is 7.64.